The molecule has 5 fully saturated rings. The molecule has 0 unspecified atom stereocenters. The van der Waals surface area contributed by atoms with Crippen molar-refractivity contribution in [2.24, 2.45) is 23.2 Å². The van der Waals surface area contributed by atoms with Gasteiger partial charge in [0.1, 0.15) is 5.82 Å². The van der Waals surface area contributed by atoms with E-state index in [0.717, 1.165) is 77.9 Å². The lowest BCUT2D eigenvalue weighted by molar-refractivity contribution is -0.146. The van der Waals surface area contributed by atoms with Crippen LogP contribution in [0.5, 0.6) is 0 Å². The molecule has 2 aromatic rings. The molecular weight excluding hydrogens is 432 g/mol. The quantitative estimate of drug-likeness (QED) is 0.483. The van der Waals surface area contributed by atoms with Crippen LogP contribution in [0, 0.1) is 23.2 Å². The number of carbonyl (C=O) groups is 1. The normalized spacial score (nSPS) is 30.8. The number of carbonyl (C=O) groups excluding carboxylic acids is 1. The molecule has 7 rings (SSSR count). The summed E-state index contributed by atoms with van der Waals surface area (Å²) in [6.45, 7) is 5.49. The molecular formula is C25H36N6OS. The molecule has 2 aromatic heterocycles. The molecule has 1 saturated heterocycles. The van der Waals surface area contributed by atoms with E-state index < -0.39 is 0 Å². The Hall–Kier alpha value is -1.83. The highest BCUT2D eigenvalue weighted by Gasteiger charge is 2.54. The first-order chi connectivity index (χ1) is 16.1. The lowest BCUT2D eigenvalue weighted by Gasteiger charge is -2.55. The summed E-state index contributed by atoms with van der Waals surface area (Å²) < 4.78 is 1.96. The maximum atomic E-state index is 13.3. The van der Waals surface area contributed by atoms with Gasteiger partial charge in [0.2, 0.25) is 5.91 Å². The summed E-state index contributed by atoms with van der Waals surface area (Å²) in [6.07, 6.45) is 13.1. The SMILES string of the molecule is CCSc1nc(N2CCCCC2)c2cnn(CCNC(=O)C34CC5CC(CC(C5)C3)C4)c2n1. The number of nitrogens with zero attached hydrogens (tertiary/aromatic N) is 5. The van der Waals surface area contributed by atoms with Crippen LogP contribution in [0.2, 0.25) is 0 Å². The summed E-state index contributed by atoms with van der Waals surface area (Å²) in [6, 6.07) is 0. The van der Waals surface area contributed by atoms with Gasteiger partial charge in [0.05, 0.1) is 18.1 Å². The Morgan fingerprint density at radius 1 is 1.09 bits per heavy atom. The molecule has 0 spiro atoms. The van der Waals surface area contributed by atoms with E-state index in [4.69, 9.17) is 9.97 Å². The smallest absolute Gasteiger partial charge is 0.226 e. The van der Waals surface area contributed by atoms with Crippen molar-refractivity contribution in [2.45, 2.75) is 76.4 Å². The Kier molecular flexibility index (Phi) is 5.75. The monoisotopic (exact) mass is 468 g/mol. The number of amides is 1. The molecule has 3 heterocycles. The Balaban J connectivity index is 1.18. The van der Waals surface area contributed by atoms with E-state index in [1.165, 1.54) is 38.5 Å². The second-order valence-corrected chi connectivity index (χ2v) is 12.1. The first-order valence-electron chi connectivity index (χ1n) is 13.0. The van der Waals surface area contributed by atoms with Crippen molar-refractivity contribution >= 4 is 34.5 Å². The van der Waals surface area contributed by atoms with Gasteiger partial charge in [-0.3, -0.25) is 4.79 Å². The van der Waals surface area contributed by atoms with E-state index in [1.54, 1.807) is 11.8 Å². The molecule has 8 heteroatoms. The first-order valence-corrected chi connectivity index (χ1v) is 14.0. The second kappa shape index (κ2) is 8.75. The van der Waals surface area contributed by atoms with Gasteiger partial charge >= 0.3 is 0 Å². The van der Waals surface area contributed by atoms with Crippen molar-refractivity contribution in [3.8, 4) is 0 Å². The van der Waals surface area contributed by atoms with E-state index in [0.29, 0.717) is 19.0 Å². The number of rotatable bonds is 7. The molecule has 7 nitrogen and oxygen atoms in total. The van der Waals surface area contributed by atoms with E-state index in [-0.39, 0.29) is 5.41 Å². The topological polar surface area (TPSA) is 75.9 Å². The van der Waals surface area contributed by atoms with Gasteiger partial charge in [-0.25, -0.2) is 14.6 Å². The van der Waals surface area contributed by atoms with Crippen LogP contribution >= 0.6 is 11.8 Å². The highest BCUT2D eigenvalue weighted by molar-refractivity contribution is 7.99. The zero-order chi connectivity index (χ0) is 22.4. The highest BCUT2D eigenvalue weighted by atomic mass is 32.2. The number of hydrogen-bond donors (Lipinski definition) is 1. The molecule has 4 saturated carbocycles. The van der Waals surface area contributed by atoms with Crippen molar-refractivity contribution in [3.05, 3.63) is 6.20 Å². The molecule has 1 N–H and O–H groups in total. The predicted molar refractivity (Wildman–Crippen MR) is 131 cm³/mol. The Morgan fingerprint density at radius 2 is 1.79 bits per heavy atom. The number of fused-ring (bicyclic) bond motifs is 1. The first kappa shape index (κ1) is 21.7. The van der Waals surface area contributed by atoms with Crippen LogP contribution in [0.25, 0.3) is 11.0 Å². The lowest BCUT2D eigenvalue weighted by Crippen LogP contribution is -2.53. The number of hydrogen-bond acceptors (Lipinski definition) is 6. The van der Waals surface area contributed by atoms with E-state index in [1.807, 2.05) is 10.9 Å². The largest absolute Gasteiger partial charge is 0.356 e. The van der Waals surface area contributed by atoms with Crippen LogP contribution in [0.1, 0.15) is 64.7 Å². The molecule has 0 atom stereocenters. The Labute approximate surface area is 200 Å². The fourth-order valence-electron chi connectivity index (χ4n) is 7.48. The second-order valence-electron chi connectivity index (χ2n) is 10.9. The summed E-state index contributed by atoms with van der Waals surface area (Å²) in [5.74, 6) is 4.63. The number of nitrogens with one attached hydrogen (secondary N) is 1. The summed E-state index contributed by atoms with van der Waals surface area (Å²) in [4.78, 5) is 25.5. The maximum absolute atomic E-state index is 13.3. The van der Waals surface area contributed by atoms with E-state index >= 15 is 0 Å². The molecule has 1 amide bonds. The fraction of sp³-hybridized carbons (Fsp3) is 0.760. The summed E-state index contributed by atoms with van der Waals surface area (Å²) in [5, 5.41) is 9.83. The predicted octanol–water partition coefficient (Wildman–Crippen LogP) is 4.26. The highest BCUT2D eigenvalue weighted by Crippen LogP contribution is 2.60. The summed E-state index contributed by atoms with van der Waals surface area (Å²) >= 11 is 1.68. The lowest BCUT2D eigenvalue weighted by atomic mass is 9.49. The van der Waals surface area contributed by atoms with Gasteiger partial charge < -0.3 is 10.2 Å². The molecule has 5 aliphatic rings. The Morgan fingerprint density at radius 3 is 2.45 bits per heavy atom. The van der Waals surface area contributed by atoms with Gasteiger partial charge in [0.25, 0.3) is 0 Å². The molecule has 4 aliphatic carbocycles. The molecule has 178 valence electrons. The number of thioether (sulfide) groups is 1. The van der Waals surface area contributed by atoms with Crippen molar-refractivity contribution in [1.82, 2.24) is 25.1 Å². The number of piperidine rings is 1. The van der Waals surface area contributed by atoms with Crippen LogP contribution in [-0.2, 0) is 11.3 Å². The van der Waals surface area contributed by atoms with Crippen LogP contribution < -0.4 is 10.2 Å². The molecule has 0 radical (unpaired) electrons. The van der Waals surface area contributed by atoms with Gasteiger partial charge in [0.15, 0.2) is 10.8 Å². The average molecular weight is 469 g/mol. The van der Waals surface area contributed by atoms with Crippen molar-refractivity contribution < 1.29 is 4.79 Å². The van der Waals surface area contributed by atoms with Crippen LogP contribution in [0.3, 0.4) is 0 Å². The minimum Gasteiger partial charge on any atom is -0.356 e. The van der Waals surface area contributed by atoms with Gasteiger partial charge in [-0.05, 0) is 81.3 Å². The van der Waals surface area contributed by atoms with Gasteiger partial charge in [-0.15, -0.1) is 0 Å². The third-order valence-corrected chi connectivity index (χ3v) is 9.24. The summed E-state index contributed by atoms with van der Waals surface area (Å²) in [5.41, 5.74) is 0.806. The van der Waals surface area contributed by atoms with E-state index in [2.05, 4.69) is 22.2 Å². The van der Waals surface area contributed by atoms with Gasteiger partial charge in [0, 0.05) is 25.0 Å². The minimum atomic E-state index is -0.0878. The molecule has 0 aromatic carbocycles. The van der Waals surface area contributed by atoms with Crippen molar-refractivity contribution in [3.63, 3.8) is 0 Å². The number of anilines is 1. The van der Waals surface area contributed by atoms with Gasteiger partial charge in [-0.2, -0.15) is 5.10 Å². The molecule has 1 aliphatic heterocycles. The standard InChI is InChI=1S/C25H36N6OS/c1-2-33-24-28-21(30-7-4-3-5-8-30)20-16-27-31(22(20)29-24)9-6-26-23(32)25-13-17-10-18(14-25)12-19(11-17)15-25/h16-19H,2-15H2,1H3,(H,26,32). The van der Waals surface area contributed by atoms with Crippen molar-refractivity contribution in [1.29, 1.82) is 0 Å². The molecule has 4 bridgehead atoms. The third kappa shape index (κ3) is 4.02. The Bertz CT molecular complexity index is 994. The summed E-state index contributed by atoms with van der Waals surface area (Å²) in [7, 11) is 0. The van der Waals surface area contributed by atoms with Crippen molar-refractivity contribution in [2.75, 3.05) is 30.3 Å². The maximum Gasteiger partial charge on any atom is 0.226 e. The van der Waals surface area contributed by atoms with Crippen LogP contribution in [-0.4, -0.2) is 51.0 Å². The number of aromatic nitrogens is 4. The van der Waals surface area contributed by atoms with Gasteiger partial charge in [-0.1, -0.05) is 18.7 Å². The third-order valence-electron chi connectivity index (χ3n) is 8.51. The minimum absolute atomic E-state index is 0.0878. The van der Waals surface area contributed by atoms with E-state index in [9.17, 15) is 4.79 Å². The van der Waals surface area contributed by atoms with Crippen LogP contribution in [0.15, 0.2) is 11.4 Å². The van der Waals surface area contributed by atoms with Crippen LogP contribution in [0.4, 0.5) is 5.82 Å². The zero-order valence-corrected chi connectivity index (χ0v) is 20.6. The average Bonchev–Trinajstić information content (AvgIpc) is 3.21. The fourth-order valence-corrected chi connectivity index (χ4v) is 8.04. The molecule has 33 heavy (non-hydrogen) atoms. The zero-order valence-electron chi connectivity index (χ0n) is 19.8.